The molecule has 0 aliphatic carbocycles. The average Bonchev–Trinajstić information content (AvgIpc) is 2.70. The van der Waals surface area contributed by atoms with Gasteiger partial charge in [0.05, 0.1) is 18.4 Å². The molecule has 0 aliphatic heterocycles. The zero-order chi connectivity index (χ0) is 27.5. The summed E-state index contributed by atoms with van der Waals surface area (Å²) in [5.41, 5.74) is 7.01. The Morgan fingerprint density at radius 2 is 1.59 bits per heavy atom. The number of nitrogens with two attached hydrogens (primary N) is 1. The van der Waals surface area contributed by atoms with Gasteiger partial charge < -0.3 is 45.2 Å². The van der Waals surface area contributed by atoms with Crippen LogP contribution in [0.2, 0.25) is 0 Å². The van der Waals surface area contributed by atoms with E-state index in [4.69, 9.17) is 50.0 Å². The van der Waals surface area contributed by atoms with E-state index in [1.54, 1.807) is 32.4 Å². The van der Waals surface area contributed by atoms with Gasteiger partial charge in [-0.25, -0.2) is 0 Å². The first-order valence-electron chi connectivity index (χ1n) is 9.95. The first-order chi connectivity index (χ1) is 15.9. The summed E-state index contributed by atoms with van der Waals surface area (Å²) >= 11 is 0. The van der Waals surface area contributed by atoms with Gasteiger partial charge in [-0.3, -0.25) is 14.4 Å². The Bertz CT molecular complexity index is 644. The summed E-state index contributed by atoms with van der Waals surface area (Å²) in [7, 11) is 3.25. The molecule has 0 aromatic heterocycles. The zero-order valence-corrected chi connectivity index (χ0v) is 20.6. The van der Waals surface area contributed by atoms with Gasteiger partial charge in [-0.05, 0) is 31.5 Å². The van der Waals surface area contributed by atoms with Crippen molar-refractivity contribution in [1.82, 2.24) is 0 Å². The first-order valence-corrected chi connectivity index (χ1v) is 9.95. The van der Waals surface area contributed by atoms with Crippen molar-refractivity contribution >= 4 is 30.4 Å². The number of carboxylic acids is 1. The van der Waals surface area contributed by atoms with Gasteiger partial charge in [0.25, 0.3) is 12.4 Å². The van der Waals surface area contributed by atoms with Crippen molar-refractivity contribution in [3.63, 3.8) is 0 Å². The summed E-state index contributed by atoms with van der Waals surface area (Å²) in [6.07, 6.45) is 0.955. The number of aldehydes is 1. The molecule has 12 nitrogen and oxygen atoms in total. The summed E-state index contributed by atoms with van der Waals surface area (Å²) < 4.78 is 15.1. The summed E-state index contributed by atoms with van der Waals surface area (Å²) in [6, 6.07) is 5.08. The Balaban J connectivity index is -0.000000286. The lowest BCUT2D eigenvalue weighted by Crippen LogP contribution is -2.26. The number of methoxy groups -OCH3 is 1. The van der Waals surface area contributed by atoms with Crippen LogP contribution in [0, 0.1) is 0 Å². The molecule has 12 heteroatoms. The van der Waals surface area contributed by atoms with Crippen LogP contribution in [0.1, 0.15) is 46.1 Å². The number of carbonyl (C=O) groups excluding carboxylic acids is 2. The van der Waals surface area contributed by atoms with E-state index in [-0.39, 0.29) is 37.9 Å². The fraction of sp³-hybridized carbons (Fsp3) is 0.545. The van der Waals surface area contributed by atoms with Crippen LogP contribution in [0.4, 0.5) is 5.69 Å². The maximum atomic E-state index is 11.0. The molecule has 0 aliphatic rings. The quantitative estimate of drug-likeness (QED) is 0.198. The van der Waals surface area contributed by atoms with E-state index < -0.39 is 5.97 Å². The maximum absolute atomic E-state index is 11.0. The van der Waals surface area contributed by atoms with Crippen molar-refractivity contribution < 1.29 is 53.8 Å². The molecule has 6 N–H and O–H groups in total. The largest absolute Gasteiger partial charge is 0.488 e. The minimum atomic E-state index is -0.833. The third-order valence-corrected chi connectivity index (χ3v) is 2.96. The number of ether oxygens (including phenoxy) is 3. The number of nitrogen functional groups attached to an aromatic ring is 1. The second kappa shape index (κ2) is 27.8. The number of benzene rings is 1. The van der Waals surface area contributed by atoms with Gasteiger partial charge in [0.1, 0.15) is 18.1 Å². The van der Waals surface area contributed by atoms with Crippen molar-refractivity contribution in [1.29, 1.82) is 0 Å². The first kappa shape index (κ1) is 38.1. The molecule has 0 radical (unpaired) electrons. The Morgan fingerprint density at radius 3 is 1.91 bits per heavy atom. The number of rotatable bonds is 8. The molecule has 34 heavy (non-hydrogen) atoms. The third-order valence-electron chi connectivity index (χ3n) is 2.96. The van der Waals surface area contributed by atoms with Crippen LogP contribution in [-0.2, 0) is 35.3 Å². The predicted octanol–water partition coefficient (Wildman–Crippen LogP) is 1.49. The maximum Gasteiger partial charge on any atom is 0.302 e. The van der Waals surface area contributed by atoms with Crippen molar-refractivity contribution in [2.75, 3.05) is 26.6 Å². The highest BCUT2D eigenvalue weighted by molar-refractivity contribution is 5.66. The van der Waals surface area contributed by atoms with Gasteiger partial charge >= 0.3 is 5.97 Å². The fourth-order valence-corrected chi connectivity index (χ4v) is 2.04. The number of esters is 1. The molecule has 2 unspecified atom stereocenters. The lowest BCUT2D eigenvalue weighted by Gasteiger charge is -2.22. The van der Waals surface area contributed by atoms with Crippen LogP contribution in [0.25, 0.3) is 0 Å². The molecular formula is C22H39NO11. The number of hydrogen-bond donors (Lipinski definition) is 5. The minimum absolute atomic E-state index is 0.0575. The number of anilines is 1. The van der Waals surface area contributed by atoms with Crippen LogP contribution < -0.4 is 10.5 Å². The van der Waals surface area contributed by atoms with Gasteiger partial charge in [-0.15, -0.1) is 0 Å². The molecule has 1 aromatic carbocycles. The SMILES string of the molecule is CC(=O)O.CC(=O)OC(CCO)CC(C)Oc1ccc(CO)cc1N.CC=O.COC.O=CO. The molecule has 0 heterocycles. The highest BCUT2D eigenvalue weighted by Gasteiger charge is 2.17. The minimum Gasteiger partial charge on any atom is -0.488 e. The van der Waals surface area contributed by atoms with Gasteiger partial charge in [0, 0.05) is 47.5 Å². The van der Waals surface area contributed by atoms with E-state index in [1.165, 1.54) is 13.8 Å². The lowest BCUT2D eigenvalue weighted by atomic mass is 10.1. The standard InChI is InChI=1S/C15H23NO5.C2H4O2.C2H6O.C2H4O.CH2O2/c1-10(7-13(5-6-17)21-11(2)19)20-15-4-3-12(9-18)8-14(15)16;1-2(3)4;1-3-2;1-2-3;2-1-3/h3-4,8,10,13,17-18H,5-7,9,16H2,1-2H3;1H3,(H,3,4);1-2H3;2H,1H3;1H,(H,2,3). The average molecular weight is 494 g/mol. The summed E-state index contributed by atoms with van der Waals surface area (Å²) in [5, 5.41) is 32.3. The smallest absolute Gasteiger partial charge is 0.302 e. The molecule has 1 rings (SSSR count). The van der Waals surface area contributed by atoms with E-state index in [2.05, 4.69) is 4.74 Å². The molecule has 0 spiro atoms. The predicted molar refractivity (Wildman–Crippen MR) is 125 cm³/mol. The monoisotopic (exact) mass is 493 g/mol. The molecule has 0 fully saturated rings. The van der Waals surface area contributed by atoms with Crippen LogP contribution in [0.15, 0.2) is 18.2 Å². The van der Waals surface area contributed by atoms with Gasteiger partial charge in [-0.1, -0.05) is 6.07 Å². The van der Waals surface area contributed by atoms with E-state index in [1.807, 2.05) is 6.92 Å². The van der Waals surface area contributed by atoms with Gasteiger partial charge in [0.15, 0.2) is 0 Å². The molecule has 198 valence electrons. The van der Waals surface area contributed by atoms with Crippen LogP contribution in [-0.4, -0.2) is 78.2 Å². The van der Waals surface area contributed by atoms with Crippen molar-refractivity contribution in [2.24, 2.45) is 0 Å². The number of aliphatic hydroxyl groups is 2. The zero-order valence-electron chi connectivity index (χ0n) is 20.6. The van der Waals surface area contributed by atoms with Gasteiger partial charge in [0.2, 0.25) is 0 Å². The molecule has 0 amide bonds. The Morgan fingerprint density at radius 1 is 1.15 bits per heavy atom. The van der Waals surface area contributed by atoms with Crippen LogP contribution in [0.5, 0.6) is 5.75 Å². The number of carbonyl (C=O) groups is 4. The van der Waals surface area contributed by atoms with E-state index in [0.29, 0.717) is 29.8 Å². The molecule has 0 saturated heterocycles. The fourth-order valence-electron chi connectivity index (χ4n) is 2.04. The van der Waals surface area contributed by atoms with Gasteiger partial charge in [-0.2, -0.15) is 0 Å². The number of aliphatic hydroxyl groups excluding tert-OH is 2. The molecule has 0 bridgehead atoms. The normalized spacial score (nSPS) is 10.4. The highest BCUT2D eigenvalue weighted by atomic mass is 16.5. The second-order valence-electron chi connectivity index (χ2n) is 6.21. The Labute approximate surface area is 200 Å². The molecule has 2 atom stereocenters. The van der Waals surface area contributed by atoms with Crippen LogP contribution >= 0.6 is 0 Å². The topological polar surface area (TPSA) is 203 Å². The van der Waals surface area contributed by atoms with E-state index >= 15 is 0 Å². The Kier molecular flexibility index (Phi) is 31.1. The summed E-state index contributed by atoms with van der Waals surface area (Å²) in [4.78, 5) is 37.2. The summed E-state index contributed by atoms with van der Waals surface area (Å²) in [5.74, 6) is -0.697. The second-order valence-corrected chi connectivity index (χ2v) is 6.21. The Hall–Kier alpha value is -3.22. The lowest BCUT2D eigenvalue weighted by molar-refractivity contribution is -0.148. The van der Waals surface area contributed by atoms with Crippen molar-refractivity contribution in [3.05, 3.63) is 23.8 Å². The third kappa shape index (κ3) is 31.0. The number of aliphatic carboxylic acids is 1. The molecule has 0 saturated carbocycles. The highest BCUT2D eigenvalue weighted by Crippen LogP contribution is 2.25. The van der Waals surface area contributed by atoms with Crippen molar-refractivity contribution in [2.45, 2.75) is 59.4 Å². The van der Waals surface area contributed by atoms with Crippen LogP contribution in [0.3, 0.4) is 0 Å². The molecular weight excluding hydrogens is 454 g/mol. The molecule has 1 aromatic rings. The van der Waals surface area contributed by atoms with Crippen molar-refractivity contribution in [3.8, 4) is 5.75 Å². The summed E-state index contributed by atoms with van der Waals surface area (Å²) in [6.45, 7) is 5.32. The number of carboxylic acid groups (broad SMARTS) is 2. The number of hydrogen-bond acceptors (Lipinski definition) is 10. The van der Waals surface area contributed by atoms with E-state index in [9.17, 15) is 4.79 Å². The van der Waals surface area contributed by atoms with E-state index in [0.717, 1.165) is 13.2 Å².